The number of hydrogen-bond donors (Lipinski definition) is 1. The van der Waals surface area contributed by atoms with Crippen molar-refractivity contribution in [2.75, 3.05) is 7.11 Å². The molecule has 1 aliphatic rings. The molecule has 1 heterocycles. The van der Waals surface area contributed by atoms with Crippen LogP contribution in [-0.4, -0.2) is 28.7 Å². The Morgan fingerprint density at radius 3 is 3.00 bits per heavy atom. The van der Waals surface area contributed by atoms with E-state index in [4.69, 9.17) is 5.73 Å². The maximum absolute atomic E-state index is 13.8. The number of rotatable bonds is 1. The number of hydrogen-bond acceptors (Lipinski definition) is 4. The third-order valence-electron chi connectivity index (χ3n) is 2.70. The van der Waals surface area contributed by atoms with E-state index in [1.54, 1.807) is 17.7 Å². The predicted molar refractivity (Wildman–Crippen MR) is 54.9 cm³/mol. The molecule has 0 bridgehead atoms. The number of ether oxygens (including phenoxy) is 1. The quantitative estimate of drug-likeness (QED) is 0.585. The smallest absolute Gasteiger partial charge is 0.314 e. The average Bonchev–Trinajstić information content (AvgIpc) is 2.64. The largest absolute Gasteiger partial charge is 0.469 e. The van der Waals surface area contributed by atoms with Crippen LogP contribution in [0, 0.1) is 5.92 Å². The standard InChI is InChI=1S/C10H12FN3O2/c1-14-4-13-9-6(14)3-5(10(15)16-2)8(12)7(9)11/h3-5,8H,12H2,1-2H3. The fourth-order valence-electron chi connectivity index (χ4n) is 1.76. The van der Waals surface area contributed by atoms with Crippen LogP contribution in [0.1, 0.15) is 0 Å². The highest BCUT2D eigenvalue weighted by Crippen LogP contribution is 2.16. The SMILES string of the molecule is COC(=O)C1C=c2c(ncn2C)=C(F)C1N. The van der Waals surface area contributed by atoms with Gasteiger partial charge in [0.25, 0.3) is 0 Å². The van der Waals surface area contributed by atoms with Gasteiger partial charge in [-0.05, 0) is 6.08 Å². The van der Waals surface area contributed by atoms with Crippen molar-refractivity contribution in [1.82, 2.24) is 9.55 Å². The summed E-state index contributed by atoms with van der Waals surface area (Å²) in [7, 11) is 2.97. The van der Waals surface area contributed by atoms with Gasteiger partial charge < -0.3 is 15.0 Å². The molecule has 2 unspecified atom stereocenters. The van der Waals surface area contributed by atoms with E-state index in [0.717, 1.165) is 0 Å². The molecule has 1 aromatic heterocycles. The van der Waals surface area contributed by atoms with Crippen molar-refractivity contribution in [3.63, 3.8) is 0 Å². The van der Waals surface area contributed by atoms with Crippen LogP contribution in [0.5, 0.6) is 0 Å². The molecule has 1 aromatic rings. The first-order valence-electron chi connectivity index (χ1n) is 4.78. The van der Waals surface area contributed by atoms with Crippen molar-refractivity contribution in [1.29, 1.82) is 0 Å². The molecule has 0 fully saturated rings. The van der Waals surface area contributed by atoms with Gasteiger partial charge in [-0.2, -0.15) is 0 Å². The summed E-state index contributed by atoms with van der Waals surface area (Å²) in [5, 5.41) is 0.754. The zero-order valence-electron chi connectivity index (χ0n) is 8.98. The highest BCUT2D eigenvalue weighted by Gasteiger charge is 2.31. The van der Waals surface area contributed by atoms with Gasteiger partial charge in [0.2, 0.25) is 0 Å². The van der Waals surface area contributed by atoms with Crippen molar-refractivity contribution in [3.05, 3.63) is 17.0 Å². The third kappa shape index (κ3) is 1.42. The van der Waals surface area contributed by atoms with Gasteiger partial charge >= 0.3 is 5.97 Å². The summed E-state index contributed by atoms with van der Waals surface area (Å²) >= 11 is 0. The van der Waals surface area contributed by atoms with Crippen LogP contribution < -0.4 is 16.4 Å². The molecule has 2 atom stereocenters. The number of fused-ring (bicyclic) bond motifs is 1. The Bertz CT molecular complexity index is 549. The van der Waals surface area contributed by atoms with E-state index < -0.39 is 23.8 Å². The fraction of sp³-hybridized carbons (Fsp3) is 0.400. The molecular formula is C10H12FN3O2. The highest BCUT2D eigenvalue weighted by molar-refractivity contribution is 5.82. The van der Waals surface area contributed by atoms with Gasteiger partial charge in [0, 0.05) is 7.05 Å². The van der Waals surface area contributed by atoms with Gasteiger partial charge in [-0.1, -0.05) is 0 Å². The Morgan fingerprint density at radius 1 is 1.69 bits per heavy atom. The van der Waals surface area contributed by atoms with Crippen LogP contribution in [0.4, 0.5) is 4.39 Å². The molecule has 1 aliphatic carbocycles. The van der Waals surface area contributed by atoms with Crippen LogP contribution in [0.2, 0.25) is 0 Å². The van der Waals surface area contributed by atoms with Crippen molar-refractivity contribution >= 4 is 17.9 Å². The van der Waals surface area contributed by atoms with E-state index in [1.807, 2.05) is 0 Å². The summed E-state index contributed by atoms with van der Waals surface area (Å²) in [6.07, 6.45) is 3.06. The average molecular weight is 225 g/mol. The lowest BCUT2D eigenvalue weighted by molar-refractivity contribution is -0.143. The first-order valence-corrected chi connectivity index (χ1v) is 4.78. The van der Waals surface area contributed by atoms with E-state index in [2.05, 4.69) is 9.72 Å². The van der Waals surface area contributed by atoms with E-state index in [9.17, 15) is 9.18 Å². The molecular weight excluding hydrogens is 213 g/mol. The molecule has 0 saturated carbocycles. The molecule has 16 heavy (non-hydrogen) atoms. The summed E-state index contributed by atoms with van der Waals surface area (Å²) < 4.78 is 20.0. The Morgan fingerprint density at radius 2 is 2.38 bits per heavy atom. The van der Waals surface area contributed by atoms with Gasteiger partial charge in [-0.3, -0.25) is 4.79 Å². The number of esters is 1. The maximum atomic E-state index is 13.8. The normalized spacial score (nSPS) is 23.6. The van der Waals surface area contributed by atoms with Crippen LogP contribution in [-0.2, 0) is 16.6 Å². The molecule has 86 valence electrons. The lowest BCUT2D eigenvalue weighted by Crippen LogP contribution is -2.46. The van der Waals surface area contributed by atoms with Gasteiger partial charge in [-0.15, -0.1) is 0 Å². The van der Waals surface area contributed by atoms with Gasteiger partial charge in [-0.25, -0.2) is 9.37 Å². The zero-order chi connectivity index (χ0) is 11.9. The fourth-order valence-corrected chi connectivity index (χ4v) is 1.76. The van der Waals surface area contributed by atoms with Crippen LogP contribution in [0.15, 0.2) is 6.33 Å². The number of methoxy groups -OCH3 is 1. The summed E-state index contributed by atoms with van der Waals surface area (Å²) in [5.74, 6) is -1.92. The maximum Gasteiger partial charge on any atom is 0.314 e. The molecule has 0 aliphatic heterocycles. The number of aromatic nitrogens is 2. The summed E-state index contributed by atoms with van der Waals surface area (Å²) in [6, 6.07) is -1.02. The number of carbonyl (C=O) groups is 1. The van der Waals surface area contributed by atoms with Crippen molar-refractivity contribution < 1.29 is 13.9 Å². The van der Waals surface area contributed by atoms with Crippen LogP contribution in [0.3, 0.4) is 0 Å². The van der Waals surface area contributed by atoms with E-state index in [-0.39, 0.29) is 5.35 Å². The Hall–Kier alpha value is -1.69. The predicted octanol–water partition coefficient (Wildman–Crippen LogP) is -1.59. The van der Waals surface area contributed by atoms with Crippen LogP contribution in [0.25, 0.3) is 11.9 Å². The molecule has 0 saturated heterocycles. The Balaban J connectivity index is 2.65. The third-order valence-corrected chi connectivity index (χ3v) is 2.70. The molecule has 0 aromatic carbocycles. The van der Waals surface area contributed by atoms with Crippen molar-refractivity contribution in [2.24, 2.45) is 18.7 Å². The second kappa shape index (κ2) is 3.71. The molecule has 5 nitrogen and oxygen atoms in total. The van der Waals surface area contributed by atoms with Crippen molar-refractivity contribution in [2.45, 2.75) is 6.04 Å². The molecule has 0 spiro atoms. The number of imidazole rings is 1. The molecule has 0 amide bonds. The monoisotopic (exact) mass is 225 g/mol. The highest BCUT2D eigenvalue weighted by atomic mass is 19.1. The van der Waals surface area contributed by atoms with Gasteiger partial charge in [0.05, 0.1) is 30.7 Å². The summed E-state index contributed by atoms with van der Waals surface area (Å²) in [5.41, 5.74) is 5.63. The summed E-state index contributed by atoms with van der Waals surface area (Å²) in [4.78, 5) is 15.3. The first-order chi connectivity index (χ1) is 7.56. The van der Waals surface area contributed by atoms with E-state index in [0.29, 0.717) is 5.35 Å². The zero-order valence-corrected chi connectivity index (χ0v) is 8.98. The molecule has 6 heteroatoms. The summed E-state index contributed by atoms with van der Waals surface area (Å²) in [6.45, 7) is 0. The lowest BCUT2D eigenvalue weighted by atomic mass is 9.95. The molecule has 2 rings (SSSR count). The second-order valence-corrected chi connectivity index (χ2v) is 3.68. The number of carbonyl (C=O) groups excluding carboxylic acids is 1. The number of halogens is 1. The van der Waals surface area contributed by atoms with E-state index >= 15 is 0 Å². The Labute approximate surface area is 91.0 Å². The first kappa shape index (κ1) is 10.8. The Kier molecular flexibility index (Phi) is 2.51. The minimum atomic E-state index is -1.02. The number of aryl methyl sites for hydroxylation is 1. The minimum Gasteiger partial charge on any atom is -0.469 e. The number of nitrogens with zero attached hydrogens (tertiary/aromatic N) is 2. The van der Waals surface area contributed by atoms with E-state index in [1.165, 1.54) is 13.4 Å². The lowest BCUT2D eigenvalue weighted by Gasteiger charge is -2.19. The van der Waals surface area contributed by atoms with Crippen LogP contribution >= 0.6 is 0 Å². The number of nitrogens with two attached hydrogens (primary N) is 1. The van der Waals surface area contributed by atoms with Gasteiger partial charge in [0.15, 0.2) is 0 Å². The van der Waals surface area contributed by atoms with Gasteiger partial charge in [0.1, 0.15) is 11.2 Å². The second-order valence-electron chi connectivity index (χ2n) is 3.68. The minimum absolute atomic E-state index is 0.204. The van der Waals surface area contributed by atoms with Crippen molar-refractivity contribution in [3.8, 4) is 0 Å². The topological polar surface area (TPSA) is 70.1 Å². The molecule has 0 radical (unpaired) electrons. The molecule has 2 N–H and O–H groups in total.